The van der Waals surface area contributed by atoms with Crippen LogP contribution in [0.1, 0.15) is 39.0 Å². The summed E-state index contributed by atoms with van der Waals surface area (Å²) >= 11 is 0. The fraction of sp³-hybridized carbons (Fsp3) is 0.909. The Bertz CT molecular complexity index is 244. The zero-order valence-electron chi connectivity index (χ0n) is 9.19. The summed E-state index contributed by atoms with van der Waals surface area (Å²) in [6, 6.07) is 0. The first-order chi connectivity index (χ1) is 7.39. The number of carbonyl (C=O) groups is 1. The van der Waals surface area contributed by atoms with Crippen LogP contribution >= 0.6 is 0 Å². The van der Waals surface area contributed by atoms with E-state index in [1.54, 1.807) is 0 Å². The molecule has 0 bridgehead atoms. The molecule has 0 unspecified atom stereocenters. The van der Waals surface area contributed by atoms with Crippen molar-refractivity contribution in [1.29, 1.82) is 0 Å². The first-order valence-corrected chi connectivity index (χ1v) is 5.59. The van der Waals surface area contributed by atoms with Crippen LogP contribution in [0.15, 0.2) is 0 Å². The Hall–Kier alpha value is -0.610. The van der Waals surface area contributed by atoms with Crippen LogP contribution in [0.5, 0.6) is 0 Å². The van der Waals surface area contributed by atoms with Crippen LogP contribution in [0.25, 0.3) is 0 Å². The Balaban J connectivity index is 2.57. The molecule has 1 rings (SSSR count). The van der Waals surface area contributed by atoms with Gasteiger partial charge in [0.25, 0.3) is 0 Å². The number of carbonyl (C=O) groups excluding carboxylic acids is 1. The number of alkyl halides is 4. The lowest BCUT2D eigenvalue weighted by molar-refractivity contribution is -0.172. The molecule has 1 aliphatic rings. The number of rotatable bonds is 4. The summed E-state index contributed by atoms with van der Waals surface area (Å²) in [5.41, 5.74) is 0. The van der Waals surface area contributed by atoms with Gasteiger partial charge in [-0.25, -0.2) is 8.78 Å². The van der Waals surface area contributed by atoms with Gasteiger partial charge >= 0.3 is 12.3 Å². The maximum absolute atomic E-state index is 12.8. The Kier molecular flexibility index (Phi) is 4.33. The van der Waals surface area contributed by atoms with Gasteiger partial charge in [-0.1, -0.05) is 13.3 Å². The summed E-state index contributed by atoms with van der Waals surface area (Å²) in [5.74, 6) is -6.47. The number of hydrogen-bond acceptors (Lipinski definition) is 1. The molecule has 0 aromatic carbocycles. The Morgan fingerprint density at radius 1 is 1.25 bits per heavy atom. The van der Waals surface area contributed by atoms with Gasteiger partial charge in [0.15, 0.2) is 0 Å². The van der Waals surface area contributed by atoms with E-state index in [1.165, 1.54) is 0 Å². The molecule has 1 saturated carbocycles. The lowest BCUT2D eigenvalue weighted by atomic mass is 9.78. The number of halogens is 4. The molecule has 0 heterocycles. The van der Waals surface area contributed by atoms with Crippen LogP contribution in [-0.4, -0.2) is 18.1 Å². The molecule has 0 aliphatic heterocycles. The van der Waals surface area contributed by atoms with Crippen LogP contribution in [-0.2, 0) is 4.79 Å². The van der Waals surface area contributed by atoms with Crippen LogP contribution in [0.2, 0.25) is 0 Å². The predicted octanol–water partition coefficient (Wildman–Crippen LogP) is 3.67. The van der Waals surface area contributed by atoms with Crippen molar-refractivity contribution in [2.24, 2.45) is 11.8 Å². The molecule has 0 N–H and O–H groups in total. The van der Waals surface area contributed by atoms with Crippen molar-refractivity contribution in [3.8, 4) is 0 Å². The lowest BCUT2D eigenvalue weighted by Gasteiger charge is -2.28. The highest BCUT2D eigenvalue weighted by Crippen LogP contribution is 2.36. The third-order valence-electron chi connectivity index (χ3n) is 3.40. The molecule has 94 valence electrons. The Labute approximate surface area is 92.2 Å². The quantitative estimate of drug-likeness (QED) is 0.685. The maximum Gasteiger partial charge on any atom is 0.364 e. The summed E-state index contributed by atoms with van der Waals surface area (Å²) in [6.45, 7) is 2.00. The number of ketones is 1. The van der Waals surface area contributed by atoms with Gasteiger partial charge in [0.05, 0.1) is 0 Å². The third kappa shape index (κ3) is 2.74. The minimum absolute atomic E-state index is 0.319. The highest BCUT2D eigenvalue weighted by molar-refractivity contribution is 5.88. The molecule has 0 aromatic heterocycles. The van der Waals surface area contributed by atoms with Crippen LogP contribution in [0.4, 0.5) is 17.6 Å². The van der Waals surface area contributed by atoms with Crippen molar-refractivity contribution < 1.29 is 22.4 Å². The average molecular weight is 240 g/mol. The van der Waals surface area contributed by atoms with E-state index in [9.17, 15) is 22.4 Å². The second-order valence-electron chi connectivity index (χ2n) is 4.41. The van der Waals surface area contributed by atoms with Crippen molar-refractivity contribution >= 4 is 5.78 Å². The lowest BCUT2D eigenvalue weighted by Crippen LogP contribution is -2.42. The predicted molar refractivity (Wildman–Crippen MR) is 51.7 cm³/mol. The first-order valence-electron chi connectivity index (χ1n) is 5.59. The van der Waals surface area contributed by atoms with E-state index in [1.807, 2.05) is 6.92 Å². The van der Waals surface area contributed by atoms with Crippen molar-refractivity contribution in [3.05, 3.63) is 0 Å². The minimum Gasteiger partial charge on any atom is -0.292 e. The normalized spacial score (nSPS) is 27.1. The monoisotopic (exact) mass is 240 g/mol. The van der Waals surface area contributed by atoms with Gasteiger partial charge in [-0.05, 0) is 31.6 Å². The molecule has 0 saturated heterocycles. The Morgan fingerprint density at radius 2 is 1.75 bits per heavy atom. The van der Waals surface area contributed by atoms with Crippen molar-refractivity contribution in [2.75, 3.05) is 0 Å². The SMILES string of the molecule is CCC1CCC(C(=O)C(F)(F)C(F)F)CC1. The molecular weight excluding hydrogens is 224 g/mol. The van der Waals surface area contributed by atoms with E-state index in [0.29, 0.717) is 31.6 Å². The van der Waals surface area contributed by atoms with E-state index in [4.69, 9.17) is 0 Å². The zero-order chi connectivity index (χ0) is 12.3. The summed E-state index contributed by atoms with van der Waals surface area (Å²) in [7, 11) is 0. The van der Waals surface area contributed by atoms with Gasteiger partial charge in [0.1, 0.15) is 0 Å². The van der Waals surface area contributed by atoms with E-state index in [2.05, 4.69) is 0 Å². The highest BCUT2D eigenvalue weighted by Gasteiger charge is 2.51. The molecule has 1 nitrogen and oxygen atoms in total. The molecule has 0 atom stereocenters. The standard InChI is InChI=1S/C11H16F4O/c1-2-7-3-5-8(6-4-7)9(16)11(14,15)10(12)13/h7-8,10H,2-6H2,1H3. The summed E-state index contributed by atoms with van der Waals surface area (Å²) in [4.78, 5) is 11.2. The molecule has 1 fully saturated rings. The minimum atomic E-state index is -4.47. The highest BCUT2D eigenvalue weighted by atomic mass is 19.3. The Morgan fingerprint density at radius 3 is 2.12 bits per heavy atom. The van der Waals surface area contributed by atoms with Crippen molar-refractivity contribution in [3.63, 3.8) is 0 Å². The maximum atomic E-state index is 12.8. The summed E-state index contributed by atoms with van der Waals surface area (Å²) in [5, 5.41) is 0. The fourth-order valence-electron chi connectivity index (χ4n) is 2.21. The molecule has 0 spiro atoms. The molecule has 0 aromatic rings. The van der Waals surface area contributed by atoms with Crippen molar-refractivity contribution in [1.82, 2.24) is 0 Å². The van der Waals surface area contributed by atoms with Crippen molar-refractivity contribution in [2.45, 2.75) is 51.4 Å². The largest absolute Gasteiger partial charge is 0.364 e. The fourth-order valence-corrected chi connectivity index (χ4v) is 2.21. The van der Waals surface area contributed by atoms with Crippen LogP contribution in [0.3, 0.4) is 0 Å². The topological polar surface area (TPSA) is 17.1 Å². The van der Waals surface area contributed by atoms with Gasteiger partial charge in [0.2, 0.25) is 5.78 Å². The molecular formula is C11H16F4O. The average Bonchev–Trinajstić information content (AvgIpc) is 2.28. The van der Waals surface area contributed by atoms with Crippen LogP contribution in [0, 0.1) is 11.8 Å². The van der Waals surface area contributed by atoms with Gasteiger partial charge in [-0.3, -0.25) is 4.79 Å². The molecule has 16 heavy (non-hydrogen) atoms. The van der Waals surface area contributed by atoms with E-state index in [0.717, 1.165) is 6.42 Å². The third-order valence-corrected chi connectivity index (χ3v) is 3.40. The smallest absolute Gasteiger partial charge is 0.292 e. The summed E-state index contributed by atoms with van der Waals surface area (Å²) < 4.78 is 49.6. The van der Waals surface area contributed by atoms with Gasteiger partial charge in [0, 0.05) is 5.92 Å². The number of hydrogen-bond donors (Lipinski definition) is 0. The van der Waals surface area contributed by atoms with Gasteiger partial charge in [-0.2, -0.15) is 8.78 Å². The molecule has 1 aliphatic carbocycles. The van der Waals surface area contributed by atoms with Crippen LogP contribution < -0.4 is 0 Å². The molecule has 5 heteroatoms. The second kappa shape index (κ2) is 5.15. The van der Waals surface area contributed by atoms with Gasteiger partial charge in [-0.15, -0.1) is 0 Å². The van der Waals surface area contributed by atoms with E-state index < -0.39 is 24.0 Å². The first kappa shape index (κ1) is 13.5. The van der Waals surface area contributed by atoms with E-state index >= 15 is 0 Å². The molecule has 0 radical (unpaired) electrons. The summed E-state index contributed by atoms with van der Waals surface area (Å²) in [6.07, 6.45) is -0.923. The molecule has 0 amide bonds. The number of Topliss-reactive ketones (excluding diaryl/α,β-unsaturated/α-hetero) is 1. The van der Waals surface area contributed by atoms with E-state index in [-0.39, 0.29) is 0 Å². The second-order valence-corrected chi connectivity index (χ2v) is 4.41. The van der Waals surface area contributed by atoms with Gasteiger partial charge < -0.3 is 0 Å². The zero-order valence-corrected chi connectivity index (χ0v) is 9.19.